The van der Waals surface area contributed by atoms with Crippen LogP contribution in [0.5, 0.6) is 0 Å². The maximum absolute atomic E-state index is 12.6. The molecule has 0 aromatic rings. The first-order chi connectivity index (χ1) is 34.5. The summed E-state index contributed by atoms with van der Waals surface area (Å²) >= 11 is 0. The Morgan fingerprint density at radius 1 is 0.357 bits per heavy atom. The van der Waals surface area contributed by atoms with Crippen LogP contribution in [0.1, 0.15) is 348 Å². The first-order valence-corrected chi connectivity index (χ1v) is 31.7. The van der Waals surface area contributed by atoms with Crippen LogP contribution in [-0.2, 0) is 4.79 Å². The molecule has 0 spiro atoms. The lowest BCUT2D eigenvalue weighted by Crippen LogP contribution is -2.53. The zero-order chi connectivity index (χ0) is 50.9. The van der Waals surface area contributed by atoms with Gasteiger partial charge in [0, 0.05) is 0 Å². The molecule has 1 amide bonds. The number of rotatable bonds is 59. The number of carbonyl (C=O) groups excluding carboxylic acids is 1. The molecule has 0 fully saturated rings. The van der Waals surface area contributed by atoms with Gasteiger partial charge in [0.25, 0.3) is 0 Å². The second kappa shape index (κ2) is 58.7. The van der Waals surface area contributed by atoms with Crippen molar-refractivity contribution < 1.29 is 25.2 Å². The Hall–Kier alpha value is -1.21. The molecule has 5 N–H and O–H groups in total. The first kappa shape index (κ1) is 68.8. The quantitative estimate of drug-likeness (QED) is 0.0308. The van der Waals surface area contributed by atoms with E-state index in [0.29, 0.717) is 12.8 Å². The van der Waals surface area contributed by atoms with Crippen LogP contribution in [0.4, 0.5) is 0 Å². The molecule has 0 heterocycles. The molecule has 0 rings (SSSR count). The first-order valence-electron chi connectivity index (χ1n) is 31.7. The monoisotopic (exact) mass is 988 g/mol. The second-order valence-electron chi connectivity index (χ2n) is 22.1. The van der Waals surface area contributed by atoms with E-state index in [4.69, 9.17) is 0 Å². The number of allylic oxidation sites excluding steroid dienone is 4. The van der Waals surface area contributed by atoms with Gasteiger partial charge in [0.15, 0.2) is 0 Å². The van der Waals surface area contributed by atoms with E-state index in [-0.39, 0.29) is 0 Å². The molecular formula is C64H125NO5. The molecule has 4 atom stereocenters. The predicted octanol–water partition coefficient (Wildman–Crippen LogP) is 19.0. The highest BCUT2D eigenvalue weighted by atomic mass is 16.3. The molecule has 0 aromatic carbocycles. The van der Waals surface area contributed by atoms with E-state index in [2.05, 4.69) is 43.5 Å². The molecule has 6 heteroatoms. The molecule has 0 saturated heterocycles. The Balaban J connectivity index is 3.58. The highest BCUT2D eigenvalue weighted by Gasteiger charge is 2.28. The Morgan fingerprint density at radius 2 is 0.614 bits per heavy atom. The molecule has 70 heavy (non-hydrogen) atoms. The van der Waals surface area contributed by atoms with E-state index in [1.54, 1.807) is 0 Å². The lowest BCUT2D eigenvalue weighted by Gasteiger charge is -2.27. The Kier molecular flexibility index (Phi) is 57.7. The van der Waals surface area contributed by atoms with Crippen molar-refractivity contribution in [2.75, 3.05) is 6.61 Å². The number of hydrogen-bond acceptors (Lipinski definition) is 5. The number of aliphatic hydroxyl groups excluding tert-OH is 4. The average Bonchev–Trinajstić information content (AvgIpc) is 3.36. The third-order valence-electron chi connectivity index (χ3n) is 15.2. The van der Waals surface area contributed by atoms with Crippen molar-refractivity contribution in [3.63, 3.8) is 0 Å². The molecule has 0 saturated carbocycles. The van der Waals surface area contributed by atoms with Crippen LogP contribution >= 0.6 is 0 Å². The largest absolute Gasteiger partial charge is 0.394 e. The van der Waals surface area contributed by atoms with Gasteiger partial charge in [-0.2, -0.15) is 0 Å². The maximum atomic E-state index is 12.6. The highest BCUT2D eigenvalue weighted by molar-refractivity contribution is 5.80. The standard InChI is InChI=1S/C64H125NO5/c1-3-5-7-9-11-13-15-17-19-21-23-25-27-29-30-31-32-33-34-36-38-40-42-44-46-48-50-52-54-56-58-62(68)64(70)65-60(59-66)63(69)61(67)57-55-53-51-49-47-45-43-41-39-37-35-28-26-24-22-20-18-16-14-12-10-8-6-4-2/h23,25,29-30,60-63,66-69H,3-22,24,26-28,31-59H2,1-2H3,(H,65,70)/b25-23-,30-29-. The summed E-state index contributed by atoms with van der Waals surface area (Å²) in [5.74, 6) is -0.578. The zero-order valence-corrected chi connectivity index (χ0v) is 47.3. The SMILES string of the molecule is CCCCCCCCCCC/C=C\C/C=C\CCCCCCCCCCCCCCCCC(O)C(=O)NC(CO)C(O)C(O)CCCCCCCCCCCCCCCCCCCCCCCCCC. The normalized spacial score (nSPS) is 13.7. The minimum Gasteiger partial charge on any atom is -0.394 e. The Bertz CT molecular complexity index is 1060. The number of nitrogens with one attached hydrogen (secondary N) is 1. The smallest absolute Gasteiger partial charge is 0.249 e. The van der Waals surface area contributed by atoms with E-state index in [0.717, 1.165) is 44.9 Å². The number of aliphatic hydroxyl groups is 4. The molecule has 416 valence electrons. The van der Waals surface area contributed by atoms with Crippen molar-refractivity contribution in [2.45, 2.75) is 372 Å². The van der Waals surface area contributed by atoms with E-state index >= 15 is 0 Å². The summed E-state index contributed by atoms with van der Waals surface area (Å²) in [5, 5.41) is 44.2. The summed E-state index contributed by atoms with van der Waals surface area (Å²) in [7, 11) is 0. The fourth-order valence-electron chi connectivity index (χ4n) is 10.2. The summed E-state index contributed by atoms with van der Waals surface area (Å²) in [6, 6.07) is -0.985. The fraction of sp³-hybridized carbons (Fsp3) is 0.922. The van der Waals surface area contributed by atoms with E-state index in [1.165, 1.54) is 276 Å². The minimum atomic E-state index is -1.26. The molecule has 0 aliphatic carbocycles. The maximum Gasteiger partial charge on any atom is 0.249 e. The van der Waals surface area contributed by atoms with Crippen LogP contribution in [0.25, 0.3) is 0 Å². The van der Waals surface area contributed by atoms with Gasteiger partial charge in [-0.25, -0.2) is 0 Å². The van der Waals surface area contributed by atoms with Gasteiger partial charge in [0.1, 0.15) is 12.2 Å². The van der Waals surface area contributed by atoms with E-state index in [1.807, 2.05) is 0 Å². The summed E-state index contributed by atoms with van der Waals surface area (Å²) in [4.78, 5) is 12.6. The van der Waals surface area contributed by atoms with Crippen LogP contribution in [-0.4, -0.2) is 57.3 Å². The molecular weight excluding hydrogens is 863 g/mol. The molecule has 0 aliphatic rings. The molecule has 6 nitrogen and oxygen atoms in total. The molecule has 0 radical (unpaired) electrons. The molecule has 0 bridgehead atoms. The van der Waals surface area contributed by atoms with Crippen molar-refractivity contribution in [2.24, 2.45) is 0 Å². The number of carbonyl (C=O) groups is 1. The molecule has 0 aliphatic heterocycles. The van der Waals surface area contributed by atoms with Crippen molar-refractivity contribution in [1.29, 1.82) is 0 Å². The van der Waals surface area contributed by atoms with Crippen molar-refractivity contribution in [3.05, 3.63) is 24.3 Å². The predicted molar refractivity (Wildman–Crippen MR) is 307 cm³/mol. The third-order valence-corrected chi connectivity index (χ3v) is 15.2. The van der Waals surface area contributed by atoms with Crippen molar-refractivity contribution >= 4 is 5.91 Å². The lowest BCUT2D eigenvalue weighted by molar-refractivity contribution is -0.132. The van der Waals surface area contributed by atoms with Crippen molar-refractivity contribution in [1.82, 2.24) is 5.32 Å². The van der Waals surface area contributed by atoms with Gasteiger partial charge in [-0.15, -0.1) is 0 Å². The van der Waals surface area contributed by atoms with Gasteiger partial charge in [-0.1, -0.05) is 327 Å². The van der Waals surface area contributed by atoms with Gasteiger partial charge >= 0.3 is 0 Å². The van der Waals surface area contributed by atoms with Crippen molar-refractivity contribution in [3.8, 4) is 0 Å². The van der Waals surface area contributed by atoms with Gasteiger partial charge in [-0.05, 0) is 44.9 Å². The molecule has 4 unspecified atom stereocenters. The summed E-state index contributed by atoms with van der Waals surface area (Å²) in [6.07, 6.45) is 72.7. The van der Waals surface area contributed by atoms with Crippen LogP contribution in [0, 0.1) is 0 Å². The number of hydrogen-bond donors (Lipinski definition) is 5. The summed E-state index contributed by atoms with van der Waals surface area (Å²) < 4.78 is 0. The third kappa shape index (κ3) is 51.7. The van der Waals surface area contributed by atoms with E-state index < -0.39 is 36.9 Å². The number of unbranched alkanes of at least 4 members (excludes halogenated alkanes) is 46. The molecule has 0 aromatic heterocycles. The summed E-state index contributed by atoms with van der Waals surface area (Å²) in [6.45, 7) is 4.10. The van der Waals surface area contributed by atoms with Crippen LogP contribution in [0.2, 0.25) is 0 Å². The van der Waals surface area contributed by atoms with Crippen LogP contribution in [0.3, 0.4) is 0 Å². The van der Waals surface area contributed by atoms with Crippen LogP contribution in [0.15, 0.2) is 24.3 Å². The fourth-order valence-corrected chi connectivity index (χ4v) is 10.2. The zero-order valence-electron chi connectivity index (χ0n) is 47.3. The lowest BCUT2D eigenvalue weighted by atomic mass is 9.99. The number of amides is 1. The van der Waals surface area contributed by atoms with Gasteiger partial charge < -0.3 is 25.7 Å². The van der Waals surface area contributed by atoms with Crippen LogP contribution < -0.4 is 5.32 Å². The van der Waals surface area contributed by atoms with E-state index in [9.17, 15) is 25.2 Å². The highest BCUT2D eigenvalue weighted by Crippen LogP contribution is 2.19. The Morgan fingerprint density at radius 3 is 0.900 bits per heavy atom. The summed E-state index contributed by atoms with van der Waals surface area (Å²) in [5.41, 5.74) is 0. The minimum absolute atomic E-state index is 0.371. The average molecular weight is 989 g/mol. The topological polar surface area (TPSA) is 110 Å². The van der Waals surface area contributed by atoms with Gasteiger partial charge in [-0.3, -0.25) is 4.79 Å². The van der Waals surface area contributed by atoms with Gasteiger partial charge in [0.2, 0.25) is 5.91 Å². The Labute approximate surface area is 437 Å². The van der Waals surface area contributed by atoms with Gasteiger partial charge in [0.05, 0.1) is 18.8 Å². The second-order valence-corrected chi connectivity index (χ2v) is 22.1.